The maximum atomic E-state index is 3.56. The molecule has 0 aromatic carbocycles. The van der Waals surface area contributed by atoms with Gasteiger partial charge >= 0.3 is 0 Å². The van der Waals surface area contributed by atoms with Gasteiger partial charge in [-0.2, -0.15) is 0 Å². The zero-order valence-electron chi connectivity index (χ0n) is 7.15. The molecule has 0 aliphatic rings. The van der Waals surface area contributed by atoms with Gasteiger partial charge in [-0.3, -0.25) is 0 Å². The lowest BCUT2D eigenvalue weighted by molar-refractivity contribution is 0.486. The van der Waals surface area contributed by atoms with Crippen LogP contribution in [0.25, 0.3) is 0 Å². The summed E-state index contributed by atoms with van der Waals surface area (Å²) in [5.41, 5.74) is 0. The molecule has 0 fully saturated rings. The molecule has 0 heterocycles. The largest absolute Gasteiger partial charge is 0.381 e. The van der Waals surface area contributed by atoms with Gasteiger partial charge in [-0.05, 0) is 13.1 Å². The van der Waals surface area contributed by atoms with Crippen molar-refractivity contribution in [2.24, 2.45) is 0 Å². The Morgan fingerprint density at radius 1 is 1.33 bits per heavy atom. The highest BCUT2D eigenvalue weighted by Crippen LogP contribution is 1.74. The van der Waals surface area contributed by atoms with Crippen molar-refractivity contribution >= 4 is 0 Å². The summed E-state index contributed by atoms with van der Waals surface area (Å²) in [6.07, 6.45) is 3.06. The standard InChI is InChI=1S/C5H11N.C3H8/c1-4-6(3)5-2;1-3-2/h4H,1,5H2,2-3H3;3H2,1-2H3. The molecule has 0 aliphatic carbocycles. The summed E-state index contributed by atoms with van der Waals surface area (Å²) in [7, 11) is 1.99. The number of hydrogen-bond acceptors (Lipinski definition) is 1. The van der Waals surface area contributed by atoms with Gasteiger partial charge in [0.2, 0.25) is 0 Å². The minimum absolute atomic E-state index is 1.05. The SMILES string of the molecule is C=CN(C)CC.CCC. The van der Waals surface area contributed by atoms with Crippen molar-refractivity contribution in [1.82, 2.24) is 4.90 Å². The third-order valence-electron chi connectivity index (χ3n) is 0.810. The van der Waals surface area contributed by atoms with Crippen molar-refractivity contribution in [3.63, 3.8) is 0 Å². The Morgan fingerprint density at radius 2 is 1.67 bits per heavy atom. The molecule has 0 atom stereocenters. The van der Waals surface area contributed by atoms with Crippen LogP contribution in [-0.4, -0.2) is 18.5 Å². The highest BCUT2D eigenvalue weighted by atomic mass is 15.1. The minimum atomic E-state index is 1.05. The van der Waals surface area contributed by atoms with Gasteiger partial charge in [0.25, 0.3) is 0 Å². The summed E-state index contributed by atoms with van der Waals surface area (Å²) in [6.45, 7) is 10.9. The van der Waals surface area contributed by atoms with Gasteiger partial charge in [-0.25, -0.2) is 0 Å². The van der Waals surface area contributed by atoms with Gasteiger partial charge in [-0.15, -0.1) is 0 Å². The van der Waals surface area contributed by atoms with Gasteiger partial charge in [-0.1, -0.05) is 26.8 Å². The van der Waals surface area contributed by atoms with Gasteiger partial charge in [0.15, 0.2) is 0 Å². The molecule has 0 amide bonds. The normalized spacial score (nSPS) is 7.11. The third-order valence-corrected chi connectivity index (χ3v) is 0.810. The van der Waals surface area contributed by atoms with Crippen molar-refractivity contribution < 1.29 is 0 Å². The van der Waals surface area contributed by atoms with E-state index >= 15 is 0 Å². The molecular weight excluding hydrogens is 110 g/mol. The summed E-state index contributed by atoms with van der Waals surface area (Å²) in [5, 5.41) is 0. The molecule has 0 radical (unpaired) electrons. The quantitative estimate of drug-likeness (QED) is 0.553. The van der Waals surface area contributed by atoms with Gasteiger partial charge in [0.05, 0.1) is 0 Å². The van der Waals surface area contributed by atoms with E-state index in [4.69, 9.17) is 0 Å². The Balaban J connectivity index is 0. The van der Waals surface area contributed by atoms with Crippen LogP contribution in [0.1, 0.15) is 27.2 Å². The van der Waals surface area contributed by atoms with E-state index in [0.717, 1.165) is 6.54 Å². The summed E-state index contributed by atoms with van der Waals surface area (Å²) in [5.74, 6) is 0. The van der Waals surface area contributed by atoms with Crippen LogP contribution in [0.15, 0.2) is 12.8 Å². The molecule has 0 N–H and O–H groups in total. The fourth-order valence-electron chi connectivity index (χ4n) is 0.129. The van der Waals surface area contributed by atoms with Gasteiger partial charge < -0.3 is 4.90 Å². The second kappa shape index (κ2) is 10.5. The van der Waals surface area contributed by atoms with E-state index in [-0.39, 0.29) is 0 Å². The van der Waals surface area contributed by atoms with Crippen LogP contribution < -0.4 is 0 Å². The molecule has 0 rings (SSSR count). The lowest BCUT2D eigenvalue weighted by Gasteiger charge is -2.06. The molecule has 0 aliphatic heterocycles. The predicted octanol–water partition coefficient (Wildman–Crippen LogP) is 2.50. The fourth-order valence-corrected chi connectivity index (χ4v) is 0.129. The van der Waals surface area contributed by atoms with Crippen LogP contribution in [0.5, 0.6) is 0 Å². The molecule has 0 aromatic rings. The number of rotatable bonds is 2. The van der Waals surface area contributed by atoms with Crippen LogP contribution in [0.2, 0.25) is 0 Å². The van der Waals surface area contributed by atoms with Crippen LogP contribution in [0.3, 0.4) is 0 Å². The lowest BCUT2D eigenvalue weighted by atomic mass is 10.6. The first-order chi connectivity index (χ1) is 4.22. The molecule has 56 valence electrons. The van der Waals surface area contributed by atoms with Crippen molar-refractivity contribution in [2.45, 2.75) is 27.2 Å². The second-order valence-electron chi connectivity index (χ2n) is 1.96. The topological polar surface area (TPSA) is 3.24 Å². The maximum absolute atomic E-state index is 3.56. The van der Waals surface area contributed by atoms with E-state index in [2.05, 4.69) is 27.4 Å². The number of nitrogens with zero attached hydrogens (tertiary/aromatic N) is 1. The molecular formula is C8H19N. The maximum Gasteiger partial charge on any atom is 0.0140 e. The van der Waals surface area contributed by atoms with Crippen LogP contribution in [0, 0.1) is 0 Å². The van der Waals surface area contributed by atoms with Crippen molar-refractivity contribution in [2.75, 3.05) is 13.6 Å². The van der Waals surface area contributed by atoms with Gasteiger partial charge in [0, 0.05) is 13.6 Å². The van der Waals surface area contributed by atoms with Gasteiger partial charge in [0.1, 0.15) is 0 Å². The highest BCUT2D eigenvalue weighted by molar-refractivity contribution is 4.62. The Labute approximate surface area is 59.4 Å². The first-order valence-electron chi connectivity index (χ1n) is 3.55. The zero-order chi connectivity index (χ0) is 7.70. The second-order valence-corrected chi connectivity index (χ2v) is 1.96. The predicted molar refractivity (Wildman–Crippen MR) is 44.5 cm³/mol. The van der Waals surface area contributed by atoms with Crippen molar-refractivity contribution in [3.8, 4) is 0 Å². The summed E-state index contributed by atoms with van der Waals surface area (Å²) in [4.78, 5) is 2.01. The molecule has 1 heteroatoms. The van der Waals surface area contributed by atoms with Crippen molar-refractivity contribution in [3.05, 3.63) is 12.8 Å². The average Bonchev–Trinajstić information content (AvgIpc) is 1.88. The summed E-state index contributed by atoms with van der Waals surface area (Å²) in [6, 6.07) is 0. The molecule has 0 bridgehead atoms. The fraction of sp³-hybridized carbons (Fsp3) is 0.750. The van der Waals surface area contributed by atoms with E-state index in [0.29, 0.717) is 0 Å². The van der Waals surface area contributed by atoms with E-state index in [1.165, 1.54) is 6.42 Å². The first kappa shape index (κ1) is 11.4. The Bertz CT molecular complexity index is 50.5. The first-order valence-corrected chi connectivity index (χ1v) is 3.55. The van der Waals surface area contributed by atoms with E-state index < -0.39 is 0 Å². The molecule has 9 heavy (non-hydrogen) atoms. The Hall–Kier alpha value is -0.460. The molecule has 1 nitrogen and oxygen atoms in total. The lowest BCUT2D eigenvalue weighted by Crippen LogP contribution is -2.06. The van der Waals surface area contributed by atoms with Crippen LogP contribution in [0.4, 0.5) is 0 Å². The Morgan fingerprint density at radius 3 is 1.67 bits per heavy atom. The van der Waals surface area contributed by atoms with Crippen molar-refractivity contribution in [1.29, 1.82) is 0 Å². The average molecular weight is 129 g/mol. The number of hydrogen-bond donors (Lipinski definition) is 0. The van der Waals surface area contributed by atoms with Crippen LogP contribution in [-0.2, 0) is 0 Å². The van der Waals surface area contributed by atoms with E-state index in [1.807, 2.05) is 11.9 Å². The smallest absolute Gasteiger partial charge is 0.0140 e. The zero-order valence-corrected chi connectivity index (χ0v) is 7.15. The molecule has 0 saturated carbocycles. The summed E-state index contributed by atoms with van der Waals surface area (Å²) >= 11 is 0. The molecule has 0 unspecified atom stereocenters. The molecule has 0 aromatic heterocycles. The van der Waals surface area contributed by atoms with E-state index in [9.17, 15) is 0 Å². The Kier molecular flexibility index (Phi) is 13.3. The molecule has 0 saturated heterocycles. The monoisotopic (exact) mass is 129 g/mol. The highest BCUT2D eigenvalue weighted by Gasteiger charge is 1.74. The van der Waals surface area contributed by atoms with Crippen LogP contribution >= 0.6 is 0 Å². The van der Waals surface area contributed by atoms with E-state index in [1.54, 1.807) is 6.20 Å². The summed E-state index contributed by atoms with van der Waals surface area (Å²) < 4.78 is 0. The third kappa shape index (κ3) is 18.5. The minimum Gasteiger partial charge on any atom is -0.381 e. The molecule has 0 spiro atoms.